The third-order valence-corrected chi connectivity index (χ3v) is 6.51. The lowest BCUT2D eigenvalue weighted by atomic mass is 10.0. The van der Waals surface area contributed by atoms with Crippen molar-refractivity contribution in [2.75, 3.05) is 33.4 Å². The minimum absolute atomic E-state index is 0.250. The Balaban J connectivity index is 1.34. The molecular formula is C28H29N3O5. The Labute approximate surface area is 209 Å². The molecule has 1 aliphatic heterocycles. The fourth-order valence-corrected chi connectivity index (χ4v) is 4.67. The lowest BCUT2D eigenvalue weighted by Crippen LogP contribution is -2.31. The summed E-state index contributed by atoms with van der Waals surface area (Å²) in [7, 11) is 1.61. The average molecular weight is 488 g/mol. The van der Waals surface area contributed by atoms with Crippen molar-refractivity contribution in [2.45, 2.75) is 25.7 Å². The molecule has 0 radical (unpaired) electrons. The molecule has 2 heterocycles. The van der Waals surface area contributed by atoms with Crippen molar-refractivity contribution < 1.29 is 24.1 Å². The fourth-order valence-electron chi connectivity index (χ4n) is 4.67. The first kappa shape index (κ1) is 23.8. The molecule has 1 N–H and O–H groups in total. The number of hydrogen-bond acceptors (Lipinski definition) is 7. The minimum Gasteiger partial charge on any atom is -0.493 e. The smallest absolute Gasteiger partial charge is 0.336 e. The van der Waals surface area contributed by atoms with E-state index in [9.17, 15) is 9.90 Å². The zero-order valence-electron chi connectivity index (χ0n) is 20.3. The van der Waals surface area contributed by atoms with Crippen LogP contribution in [-0.2, 0) is 0 Å². The highest BCUT2D eigenvalue weighted by Crippen LogP contribution is 2.36. The van der Waals surface area contributed by atoms with Crippen LogP contribution < -0.4 is 14.2 Å². The summed E-state index contributed by atoms with van der Waals surface area (Å²) in [6, 6.07) is 14.1. The number of aromatic carboxylic acids is 1. The van der Waals surface area contributed by atoms with Gasteiger partial charge < -0.3 is 24.2 Å². The van der Waals surface area contributed by atoms with Crippen LogP contribution in [-0.4, -0.2) is 59.3 Å². The summed E-state index contributed by atoms with van der Waals surface area (Å²) >= 11 is 0. The van der Waals surface area contributed by atoms with Gasteiger partial charge in [0.2, 0.25) is 5.88 Å². The molecule has 0 unspecified atom stereocenters. The van der Waals surface area contributed by atoms with Crippen molar-refractivity contribution in [3.05, 3.63) is 60.4 Å². The molecule has 0 amide bonds. The van der Waals surface area contributed by atoms with Crippen molar-refractivity contribution in [1.29, 1.82) is 0 Å². The highest BCUT2D eigenvalue weighted by atomic mass is 16.5. The van der Waals surface area contributed by atoms with Crippen LogP contribution in [0, 0.1) is 0 Å². The molecule has 1 saturated heterocycles. The molecule has 0 spiro atoms. The van der Waals surface area contributed by atoms with Gasteiger partial charge in [0.15, 0.2) is 11.5 Å². The van der Waals surface area contributed by atoms with Gasteiger partial charge in [-0.25, -0.2) is 14.8 Å². The lowest BCUT2D eigenvalue weighted by molar-refractivity contribution is 0.0699. The fraction of sp³-hybridized carbons (Fsp3) is 0.321. The Morgan fingerprint density at radius 3 is 2.67 bits per heavy atom. The van der Waals surface area contributed by atoms with Gasteiger partial charge in [-0.05, 0) is 73.5 Å². The van der Waals surface area contributed by atoms with Gasteiger partial charge in [0.1, 0.15) is 12.1 Å². The summed E-state index contributed by atoms with van der Waals surface area (Å²) < 4.78 is 17.8. The molecule has 36 heavy (non-hydrogen) atoms. The van der Waals surface area contributed by atoms with E-state index in [1.54, 1.807) is 37.4 Å². The van der Waals surface area contributed by atoms with E-state index in [0.29, 0.717) is 46.0 Å². The summed E-state index contributed by atoms with van der Waals surface area (Å²) in [6.45, 7) is 3.99. The number of piperidine rings is 1. The number of carboxylic acid groups (broad SMARTS) is 1. The summed E-state index contributed by atoms with van der Waals surface area (Å²) in [4.78, 5) is 22.7. The number of hydrogen-bond donors (Lipinski definition) is 1. The maximum absolute atomic E-state index is 11.5. The van der Waals surface area contributed by atoms with Crippen LogP contribution in [0.2, 0.25) is 0 Å². The number of methoxy groups -OCH3 is 1. The van der Waals surface area contributed by atoms with Crippen LogP contribution in [0.1, 0.15) is 36.0 Å². The Bertz CT molecular complexity index is 1380. The zero-order valence-corrected chi connectivity index (χ0v) is 20.3. The molecule has 1 aromatic heterocycles. The highest BCUT2D eigenvalue weighted by Gasteiger charge is 2.15. The van der Waals surface area contributed by atoms with Crippen LogP contribution in [0.15, 0.2) is 54.9 Å². The van der Waals surface area contributed by atoms with Crippen LogP contribution in [0.5, 0.6) is 23.1 Å². The van der Waals surface area contributed by atoms with Crippen molar-refractivity contribution in [3.8, 4) is 23.1 Å². The van der Waals surface area contributed by atoms with E-state index in [-0.39, 0.29) is 5.56 Å². The van der Waals surface area contributed by atoms with Crippen molar-refractivity contribution in [1.82, 2.24) is 14.9 Å². The molecule has 4 aromatic rings. The van der Waals surface area contributed by atoms with Gasteiger partial charge in [-0.15, -0.1) is 0 Å². The van der Waals surface area contributed by atoms with Gasteiger partial charge in [0, 0.05) is 12.6 Å². The number of ether oxygens (including phenoxy) is 3. The largest absolute Gasteiger partial charge is 0.493 e. The average Bonchev–Trinajstić information content (AvgIpc) is 2.91. The summed E-state index contributed by atoms with van der Waals surface area (Å²) in [5.41, 5.74) is 0.931. The van der Waals surface area contributed by atoms with E-state index in [0.717, 1.165) is 18.4 Å². The van der Waals surface area contributed by atoms with Gasteiger partial charge in [0.25, 0.3) is 0 Å². The molecule has 1 aliphatic rings. The molecular weight excluding hydrogens is 458 g/mol. The number of likely N-dealkylation sites (tertiary alicyclic amines) is 1. The molecule has 0 bridgehead atoms. The molecule has 0 aliphatic carbocycles. The number of carbonyl (C=O) groups is 1. The molecule has 0 atom stereocenters. The van der Waals surface area contributed by atoms with E-state index in [4.69, 9.17) is 14.2 Å². The molecule has 3 aromatic carbocycles. The number of fused-ring (bicyclic) bond motifs is 2. The van der Waals surface area contributed by atoms with Crippen LogP contribution in [0.4, 0.5) is 0 Å². The molecule has 186 valence electrons. The molecule has 8 nitrogen and oxygen atoms in total. The number of aromatic nitrogens is 2. The first-order valence-electron chi connectivity index (χ1n) is 12.2. The second kappa shape index (κ2) is 10.8. The van der Waals surface area contributed by atoms with E-state index >= 15 is 0 Å². The third-order valence-electron chi connectivity index (χ3n) is 6.51. The number of nitrogens with zero attached hydrogens (tertiary/aromatic N) is 3. The second-order valence-electron chi connectivity index (χ2n) is 8.90. The first-order valence-corrected chi connectivity index (χ1v) is 12.2. The highest BCUT2D eigenvalue weighted by molar-refractivity contribution is 6.04. The molecule has 0 saturated carbocycles. The van der Waals surface area contributed by atoms with Gasteiger partial charge in [-0.2, -0.15) is 0 Å². The lowest BCUT2D eigenvalue weighted by Gasteiger charge is -2.26. The summed E-state index contributed by atoms with van der Waals surface area (Å²) in [5.74, 6) is 1.18. The third kappa shape index (κ3) is 5.18. The predicted molar refractivity (Wildman–Crippen MR) is 137 cm³/mol. The van der Waals surface area contributed by atoms with Crippen LogP contribution in [0.3, 0.4) is 0 Å². The monoisotopic (exact) mass is 487 g/mol. The SMILES string of the molecule is COc1cc2c(Oc3ccc4c(C(=O)O)cccc4c3)ncnc2cc1OCCCN1CCCCC1. The van der Waals surface area contributed by atoms with E-state index in [1.165, 1.54) is 38.7 Å². The summed E-state index contributed by atoms with van der Waals surface area (Å²) in [5, 5.41) is 11.5. The minimum atomic E-state index is -0.965. The number of carboxylic acids is 1. The van der Waals surface area contributed by atoms with Gasteiger partial charge in [-0.3, -0.25) is 0 Å². The normalized spacial score (nSPS) is 14.1. The zero-order chi connectivity index (χ0) is 24.9. The van der Waals surface area contributed by atoms with Crippen molar-refractivity contribution in [3.63, 3.8) is 0 Å². The maximum Gasteiger partial charge on any atom is 0.336 e. The number of benzene rings is 3. The van der Waals surface area contributed by atoms with Gasteiger partial charge >= 0.3 is 5.97 Å². The van der Waals surface area contributed by atoms with Crippen molar-refractivity contribution in [2.24, 2.45) is 0 Å². The van der Waals surface area contributed by atoms with Gasteiger partial charge in [0.05, 0.1) is 30.2 Å². The van der Waals surface area contributed by atoms with E-state index < -0.39 is 5.97 Å². The van der Waals surface area contributed by atoms with Crippen LogP contribution in [0.25, 0.3) is 21.7 Å². The standard InChI is InChI=1S/C28H29N3O5/c1-34-25-16-23-24(17-26(25)35-14-6-13-31-11-3-2-4-12-31)29-18-30-27(23)36-20-9-10-21-19(15-20)7-5-8-22(21)28(32)33/h5,7-10,15-18H,2-4,6,11-14H2,1H3,(H,32,33). The number of rotatable bonds is 9. The topological polar surface area (TPSA) is 94.0 Å². The van der Waals surface area contributed by atoms with Gasteiger partial charge in [-0.1, -0.05) is 18.6 Å². The quantitative estimate of drug-likeness (QED) is 0.308. The maximum atomic E-state index is 11.5. The van der Waals surface area contributed by atoms with E-state index in [1.807, 2.05) is 18.2 Å². The summed E-state index contributed by atoms with van der Waals surface area (Å²) in [6.07, 6.45) is 6.30. The molecule has 5 rings (SSSR count). The second-order valence-corrected chi connectivity index (χ2v) is 8.90. The Morgan fingerprint density at radius 2 is 1.86 bits per heavy atom. The first-order chi connectivity index (χ1) is 17.6. The molecule has 1 fully saturated rings. The Kier molecular flexibility index (Phi) is 7.13. The van der Waals surface area contributed by atoms with E-state index in [2.05, 4.69) is 14.9 Å². The van der Waals surface area contributed by atoms with Crippen LogP contribution >= 0.6 is 0 Å². The molecule has 8 heteroatoms. The predicted octanol–water partition coefficient (Wildman–Crippen LogP) is 5.54. The Hall–Kier alpha value is -3.91. The Morgan fingerprint density at radius 1 is 1.00 bits per heavy atom. The van der Waals surface area contributed by atoms with Crippen molar-refractivity contribution >= 4 is 27.6 Å².